The molecule has 2 N–H and O–H groups in total. The number of likely N-dealkylation sites (N-methyl/N-ethyl adjacent to an activating group) is 1. The van der Waals surface area contributed by atoms with Crippen molar-refractivity contribution in [2.75, 3.05) is 20.8 Å². The molecule has 2 aromatic rings. The monoisotopic (exact) mass is 379 g/mol. The molecule has 0 spiro atoms. The summed E-state index contributed by atoms with van der Waals surface area (Å²) in [5.41, 5.74) is 7.31. The second-order valence-electron chi connectivity index (χ2n) is 6.22. The van der Waals surface area contributed by atoms with Gasteiger partial charge >= 0.3 is 0 Å². The number of hydrogen-bond acceptors (Lipinski definition) is 7. The fraction of sp³-hybridized carbons (Fsp3) is 0.471. The lowest BCUT2D eigenvalue weighted by molar-refractivity contribution is -0.132. The summed E-state index contributed by atoms with van der Waals surface area (Å²) in [4.78, 5) is 18.5. The Labute approximate surface area is 156 Å². The van der Waals surface area contributed by atoms with Crippen LogP contribution in [-0.2, 0) is 22.5 Å². The van der Waals surface area contributed by atoms with Crippen LogP contribution in [0.1, 0.15) is 29.7 Å². The predicted molar refractivity (Wildman–Crippen MR) is 95.2 cm³/mol. The lowest BCUT2D eigenvalue weighted by Gasteiger charge is -2.18. The van der Waals surface area contributed by atoms with Crippen LogP contribution in [0.25, 0.3) is 0 Å². The third-order valence-electron chi connectivity index (χ3n) is 4.26. The molecule has 1 aliphatic heterocycles. The maximum Gasteiger partial charge on any atom is 0.246 e. The number of amides is 1. The van der Waals surface area contributed by atoms with Crippen molar-refractivity contribution in [2.45, 2.75) is 31.5 Å². The van der Waals surface area contributed by atoms with Gasteiger partial charge in [-0.3, -0.25) is 4.79 Å². The van der Waals surface area contributed by atoms with Gasteiger partial charge in [-0.2, -0.15) is 4.98 Å². The van der Waals surface area contributed by atoms with Gasteiger partial charge < -0.3 is 14.2 Å². The second kappa shape index (κ2) is 8.59. The van der Waals surface area contributed by atoms with Gasteiger partial charge in [0.05, 0.1) is 13.2 Å². The van der Waals surface area contributed by atoms with Gasteiger partial charge in [-0.1, -0.05) is 28.9 Å². The summed E-state index contributed by atoms with van der Waals surface area (Å²) in [5.74, 6) is 0.948. The Morgan fingerprint density at radius 2 is 2.15 bits per heavy atom. The molecule has 0 bridgehead atoms. The number of aromatic nitrogens is 2. The van der Waals surface area contributed by atoms with Crippen LogP contribution in [0.15, 0.2) is 28.8 Å². The topological polar surface area (TPSA) is 92.5 Å². The van der Waals surface area contributed by atoms with Gasteiger partial charge in [0.25, 0.3) is 0 Å². The van der Waals surface area contributed by atoms with Crippen molar-refractivity contribution in [2.24, 2.45) is 0 Å². The molecule has 1 saturated heterocycles. The molecule has 1 amide bonds. The van der Waals surface area contributed by atoms with Crippen molar-refractivity contribution in [3.8, 4) is 0 Å². The number of rotatable bonds is 7. The molecule has 0 aliphatic carbocycles. The summed E-state index contributed by atoms with van der Waals surface area (Å²) in [6.45, 7) is 0.792. The number of hydrogen-bond donors (Lipinski definition) is 2. The minimum atomic E-state index is -0.323. The van der Waals surface area contributed by atoms with Gasteiger partial charge in [0.15, 0.2) is 5.82 Å². The van der Waals surface area contributed by atoms with E-state index in [9.17, 15) is 4.79 Å². The number of carbonyl (C=O) groups excluding carboxylic acids is 1. The largest absolute Gasteiger partial charge is 0.384 e. The first-order valence-corrected chi connectivity index (χ1v) is 8.76. The molecule has 1 fully saturated rings. The molecule has 2 heterocycles. The molecule has 9 heteroatoms. The van der Waals surface area contributed by atoms with Crippen molar-refractivity contribution in [1.29, 1.82) is 0 Å². The van der Waals surface area contributed by atoms with Crippen LogP contribution in [0, 0.1) is 0 Å². The zero-order chi connectivity index (χ0) is 18.5. The van der Waals surface area contributed by atoms with Crippen molar-refractivity contribution in [3.63, 3.8) is 0 Å². The van der Waals surface area contributed by atoms with Crippen LogP contribution >= 0.6 is 11.6 Å². The SMILES string of the molecule is COCCc1noc(CN(C)C(=O)C2CC(c3ccc(Cl)cc3)NN2)n1. The lowest BCUT2D eigenvalue weighted by Crippen LogP contribution is -2.43. The van der Waals surface area contributed by atoms with Gasteiger partial charge in [0, 0.05) is 31.6 Å². The van der Waals surface area contributed by atoms with Gasteiger partial charge in [-0.15, -0.1) is 0 Å². The zero-order valence-corrected chi connectivity index (χ0v) is 15.5. The van der Waals surface area contributed by atoms with E-state index < -0.39 is 0 Å². The number of methoxy groups -OCH3 is 1. The highest BCUT2D eigenvalue weighted by molar-refractivity contribution is 6.30. The number of carbonyl (C=O) groups is 1. The number of nitrogens with zero attached hydrogens (tertiary/aromatic N) is 3. The number of ether oxygens (including phenoxy) is 1. The minimum Gasteiger partial charge on any atom is -0.384 e. The molecule has 26 heavy (non-hydrogen) atoms. The van der Waals surface area contributed by atoms with Crippen molar-refractivity contribution in [1.82, 2.24) is 25.9 Å². The quantitative estimate of drug-likeness (QED) is 0.752. The van der Waals surface area contributed by atoms with E-state index in [0.717, 1.165) is 5.56 Å². The number of hydrazine groups is 1. The highest BCUT2D eigenvalue weighted by Crippen LogP contribution is 2.24. The molecule has 8 nitrogen and oxygen atoms in total. The first kappa shape index (κ1) is 18.8. The van der Waals surface area contributed by atoms with Crippen LogP contribution < -0.4 is 10.9 Å². The minimum absolute atomic E-state index is 0.0365. The molecule has 0 radical (unpaired) electrons. The van der Waals surface area contributed by atoms with E-state index in [0.29, 0.717) is 36.2 Å². The average Bonchev–Trinajstić information content (AvgIpc) is 3.29. The van der Waals surface area contributed by atoms with Crippen molar-refractivity contribution >= 4 is 17.5 Å². The molecule has 140 valence electrons. The van der Waals surface area contributed by atoms with E-state index in [1.165, 1.54) is 0 Å². The molecule has 3 rings (SSSR count). The summed E-state index contributed by atoms with van der Waals surface area (Å²) in [6.07, 6.45) is 1.22. The fourth-order valence-electron chi connectivity index (χ4n) is 2.83. The predicted octanol–water partition coefficient (Wildman–Crippen LogP) is 1.48. The number of benzene rings is 1. The second-order valence-corrected chi connectivity index (χ2v) is 6.66. The highest BCUT2D eigenvalue weighted by Gasteiger charge is 2.32. The van der Waals surface area contributed by atoms with Crippen LogP contribution in [0.3, 0.4) is 0 Å². The van der Waals surface area contributed by atoms with Crippen molar-refractivity contribution in [3.05, 3.63) is 46.6 Å². The Kier molecular flexibility index (Phi) is 6.20. The Morgan fingerprint density at radius 3 is 2.88 bits per heavy atom. The van der Waals surface area contributed by atoms with Gasteiger partial charge in [0.2, 0.25) is 11.8 Å². The van der Waals surface area contributed by atoms with Crippen LogP contribution in [0.2, 0.25) is 5.02 Å². The standard InChI is InChI=1S/C17H22ClN5O3/c1-23(10-16-19-15(22-26-16)7-8-25-2)17(24)14-9-13(20-21-14)11-3-5-12(18)6-4-11/h3-6,13-14,20-21H,7-10H2,1-2H3. The molecule has 0 saturated carbocycles. The van der Waals surface area contributed by atoms with Crippen LogP contribution in [-0.4, -0.2) is 47.8 Å². The summed E-state index contributed by atoms with van der Waals surface area (Å²) in [7, 11) is 3.34. The lowest BCUT2D eigenvalue weighted by atomic mass is 10.0. The van der Waals surface area contributed by atoms with E-state index in [4.69, 9.17) is 20.9 Å². The molecule has 1 aromatic heterocycles. The summed E-state index contributed by atoms with van der Waals surface area (Å²) in [6, 6.07) is 7.33. The smallest absolute Gasteiger partial charge is 0.246 e. The third-order valence-corrected chi connectivity index (χ3v) is 4.51. The maximum absolute atomic E-state index is 12.7. The van der Waals surface area contributed by atoms with E-state index in [-0.39, 0.29) is 24.5 Å². The summed E-state index contributed by atoms with van der Waals surface area (Å²) >= 11 is 5.92. The molecule has 1 aromatic carbocycles. The Bertz CT molecular complexity index is 736. The number of halogens is 1. The van der Waals surface area contributed by atoms with E-state index in [1.54, 1.807) is 19.1 Å². The van der Waals surface area contributed by atoms with Crippen LogP contribution in [0.5, 0.6) is 0 Å². The van der Waals surface area contributed by atoms with Crippen molar-refractivity contribution < 1.29 is 14.1 Å². The summed E-state index contributed by atoms with van der Waals surface area (Å²) < 4.78 is 10.2. The van der Waals surface area contributed by atoms with E-state index >= 15 is 0 Å². The molecular formula is C17H22ClN5O3. The zero-order valence-electron chi connectivity index (χ0n) is 14.7. The Balaban J connectivity index is 1.54. The van der Waals surface area contributed by atoms with Gasteiger partial charge in [-0.05, 0) is 24.1 Å². The fourth-order valence-corrected chi connectivity index (χ4v) is 2.95. The van der Waals surface area contributed by atoms with Gasteiger partial charge in [-0.25, -0.2) is 10.9 Å². The highest BCUT2D eigenvalue weighted by atomic mass is 35.5. The molecule has 2 atom stereocenters. The Hall–Kier alpha value is -2.00. The van der Waals surface area contributed by atoms with E-state index in [1.807, 2.05) is 24.3 Å². The first-order chi connectivity index (χ1) is 12.6. The Morgan fingerprint density at radius 1 is 1.38 bits per heavy atom. The average molecular weight is 380 g/mol. The normalized spacial score (nSPS) is 19.7. The maximum atomic E-state index is 12.7. The molecular weight excluding hydrogens is 358 g/mol. The summed E-state index contributed by atoms with van der Waals surface area (Å²) in [5, 5.41) is 4.57. The van der Waals surface area contributed by atoms with Crippen LogP contribution in [0.4, 0.5) is 0 Å². The first-order valence-electron chi connectivity index (χ1n) is 8.38. The number of nitrogens with one attached hydrogen (secondary N) is 2. The third kappa shape index (κ3) is 4.59. The molecule has 1 aliphatic rings. The van der Waals surface area contributed by atoms with E-state index in [2.05, 4.69) is 21.0 Å². The van der Waals surface area contributed by atoms with Gasteiger partial charge in [0.1, 0.15) is 6.04 Å². The molecule has 2 unspecified atom stereocenters.